The molecule has 0 saturated heterocycles. The molecule has 0 bridgehead atoms. The highest BCUT2D eigenvalue weighted by Crippen LogP contribution is 2.16. The predicted molar refractivity (Wildman–Crippen MR) is 99.7 cm³/mol. The second-order valence-corrected chi connectivity index (χ2v) is 6.51. The number of hydrogen-bond acceptors (Lipinski definition) is 7. The average molecular weight is 390 g/mol. The van der Waals surface area contributed by atoms with Crippen molar-refractivity contribution in [3.8, 4) is 5.75 Å². The molecule has 2 rings (SSSR count). The molecule has 2 atom stereocenters. The molecule has 0 radical (unpaired) electrons. The Bertz CT molecular complexity index is 833. The first-order valence-electron chi connectivity index (χ1n) is 8.74. The SMILES string of the molecule is C=C(C=CC(O)CC(O)CC(=O)Oc1ccc(F)cc1)c1nnnn1C(C)C. The third kappa shape index (κ3) is 6.36. The number of carbonyl (C=O) groups is 1. The van der Waals surface area contributed by atoms with E-state index in [1.165, 1.54) is 18.2 Å². The summed E-state index contributed by atoms with van der Waals surface area (Å²) in [5.41, 5.74) is 0.503. The summed E-state index contributed by atoms with van der Waals surface area (Å²) in [6, 6.07) is 5.00. The molecule has 28 heavy (non-hydrogen) atoms. The molecule has 1 aromatic carbocycles. The van der Waals surface area contributed by atoms with E-state index in [0.29, 0.717) is 11.4 Å². The van der Waals surface area contributed by atoms with Gasteiger partial charge in [0, 0.05) is 12.0 Å². The van der Waals surface area contributed by atoms with Crippen LogP contribution < -0.4 is 4.74 Å². The standard InChI is InChI=1S/C19H23FN4O4/c1-12(2)24-19(21-22-23-24)13(3)4-7-15(25)10-16(26)11-18(27)28-17-8-5-14(20)6-9-17/h4-9,12,15-16,25-26H,3,10-11H2,1-2H3. The monoisotopic (exact) mass is 390 g/mol. The van der Waals surface area contributed by atoms with Gasteiger partial charge < -0.3 is 14.9 Å². The summed E-state index contributed by atoms with van der Waals surface area (Å²) in [4.78, 5) is 11.8. The van der Waals surface area contributed by atoms with E-state index in [1.54, 1.807) is 10.8 Å². The van der Waals surface area contributed by atoms with Crippen molar-refractivity contribution in [1.29, 1.82) is 0 Å². The topological polar surface area (TPSA) is 110 Å². The molecule has 0 aliphatic rings. The average Bonchev–Trinajstić information content (AvgIpc) is 3.11. The van der Waals surface area contributed by atoms with Gasteiger partial charge in [0.25, 0.3) is 0 Å². The van der Waals surface area contributed by atoms with Gasteiger partial charge in [-0.3, -0.25) is 4.79 Å². The van der Waals surface area contributed by atoms with Gasteiger partial charge in [-0.05, 0) is 48.5 Å². The fourth-order valence-corrected chi connectivity index (χ4v) is 2.36. The first-order valence-corrected chi connectivity index (χ1v) is 8.74. The van der Waals surface area contributed by atoms with Gasteiger partial charge in [0.05, 0.1) is 24.7 Å². The van der Waals surface area contributed by atoms with Crippen LogP contribution in [-0.4, -0.2) is 48.6 Å². The second kappa shape index (κ2) is 9.86. The Morgan fingerprint density at radius 1 is 1.32 bits per heavy atom. The third-order valence-electron chi connectivity index (χ3n) is 3.75. The van der Waals surface area contributed by atoms with E-state index in [-0.39, 0.29) is 24.6 Å². The highest BCUT2D eigenvalue weighted by atomic mass is 19.1. The molecule has 9 heteroatoms. The first kappa shape index (κ1) is 21.4. The fourth-order valence-electron chi connectivity index (χ4n) is 2.36. The molecule has 1 aromatic heterocycles. The van der Waals surface area contributed by atoms with Crippen molar-refractivity contribution in [3.63, 3.8) is 0 Å². The molecule has 0 spiro atoms. The molecule has 1 heterocycles. The number of esters is 1. The molecule has 0 aliphatic carbocycles. The Morgan fingerprint density at radius 3 is 2.64 bits per heavy atom. The van der Waals surface area contributed by atoms with E-state index >= 15 is 0 Å². The van der Waals surface area contributed by atoms with E-state index in [2.05, 4.69) is 22.1 Å². The van der Waals surface area contributed by atoms with E-state index in [0.717, 1.165) is 12.1 Å². The highest BCUT2D eigenvalue weighted by molar-refractivity contribution is 5.72. The van der Waals surface area contributed by atoms with Crippen molar-refractivity contribution in [1.82, 2.24) is 20.2 Å². The number of ether oxygens (including phenoxy) is 1. The van der Waals surface area contributed by atoms with Crippen molar-refractivity contribution in [2.75, 3.05) is 0 Å². The van der Waals surface area contributed by atoms with Gasteiger partial charge in [-0.25, -0.2) is 9.07 Å². The number of aliphatic hydroxyl groups excluding tert-OH is 2. The number of allylic oxidation sites excluding steroid dienone is 2. The Hall–Kier alpha value is -2.91. The number of tetrazole rings is 1. The smallest absolute Gasteiger partial charge is 0.313 e. The maximum Gasteiger partial charge on any atom is 0.313 e. The molecule has 0 aliphatic heterocycles. The van der Waals surface area contributed by atoms with Gasteiger partial charge in [0.15, 0.2) is 5.82 Å². The number of benzene rings is 1. The maximum atomic E-state index is 12.8. The van der Waals surface area contributed by atoms with Crippen LogP contribution in [0.4, 0.5) is 4.39 Å². The molecule has 0 fully saturated rings. The number of rotatable bonds is 9. The molecule has 0 saturated carbocycles. The van der Waals surface area contributed by atoms with Crippen LogP contribution in [0.1, 0.15) is 38.6 Å². The van der Waals surface area contributed by atoms with Crippen molar-refractivity contribution in [2.24, 2.45) is 0 Å². The molecule has 0 amide bonds. The fraction of sp³-hybridized carbons (Fsp3) is 0.368. The first-order chi connectivity index (χ1) is 13.3. The third-order valence-corrected chi connectivity index (χ3v) is 3.75. The van der Waals surface area contributed by atoms with Crippen molar-refractivity contribution in [2.45, 2.75) is 44.9 Å². The van der Waals surface area contributed by atoms with E-state index in [1.807, 2.05) is 13.8 Å². The summed E-state index contributed by atoms with van der Waals surface area (Å²) in [5, 5.41) is 31.4. The molecule has 8 nitrogen and oxygen atoms in total. The Balaban J connectivity index is 1.82. The van der Waals surface area contributed by atoms with Crippen molar-refractivity contribution in [3.05, 3.63) is 54.6 Å². The summed E-state index contributed by atoms with van der Waals surface area (Å²) < 4.78 is 19.4. The van der Waals surface area contributed by atoms with Crippen LogP contribution in [0.15, 0.2) is 43.0 Å². The number of aliphatic hydroxyl groups is 2. The van der Waals surface area contributed by atoms with Crippen molar-refractivity contribution < 1.29 is 24.1 Å². The van der Waals surface area contributed by atoms with Crippen LogP contribution in [0.25, 0.3) is 5.57 Å². The predicted octanol–water partition coefficient (Wildman–Crippen LogP) is 2.07. The summed E-state index contributed by atoms with van der Waals surface area (Å²) in [6.45, 7) is 7.72. The van der Waals surface area contributed by atoms with Crippen LogP contribution in [0, 0.1) is 5.82 Å². The summed E-state index contributed by atoms with van der Waals surface area (Å²) in [7, 11) is 0. The molecular weight excluding hydrogens is 367 g/mol. The normalized spacial score (nSPS) is 13.6. The van der Waals surface area contributed by atoms with Crippen LogP contribution in [0.3, 0.4) is 0 Å². The van der Waals surface area contributed by atoms with E-state index in [4.69, 9.17) is 4.74 Å². The maximum absolute atomic E-state index is 12.8. The van der Waals surface area contributed by atoms with Gasteiger partial charge in [0.1, 0.15) is 11.6 Å². The van der Waals surface area contributed by atoms with Gasteiger partial charge in [-0.2, -0.15) is 0 Å². The Kier molecular flexibility index (Phi) is 7.53. The van der Waals surface area contributed by atoms with Crippen LogP contribution >= 0.6 is 0 Å². The lowest BCUT2D eigenvalue weighted by Crippen LogP contribution is -2.22. The number of nitrogens with zero attached hydrogens (tertiary/aromatic N) is 4. The zero-order valence-corrected chi connectivity index (χ0v) is 15.7. The van der Waals surface area contributed by atoms with Gasteiger partial charge in [-0.15, -0.1) is 5.10 Å². The summed E-state index contributed by atoms with van der Waals surface area (Å²) >= 11 is 0. The number of hydrogen-bond donors (Lipinski definition) is 2. The lowest BCUT2D eigenvalue weighted by atomic mass is 10.1. The quantitative estimate of drug-likeness (QED) is 0.383. The largest absolute Gasteiger partial charge is 0.426 e. The van der Waals surface area contributed by atoms with Gasteiger partial charge >= 0.3 is 5.97 Å². The molecule has 2 unspecified atom stereocenters. The van der Waals surface area contributed by atoms with E-state index in [9.17, 15) is 19.4 Å². The lowest BCUT2D eigenvalue weighted by Gasteiger charge is -2.13. The van der Waals surface area contributed by atoms with Gasteiger partial charge in [-0.1, -0.05) is 18.7 Å². The zero-order chi connectivity index (χ0) is 20.7. The number of aromatic nitrogens is 4. The molecule has 2 aromatic rings. The Morgan fingerprint density at radius 2 is 2.00 bits per heavy atom. The molecular formula is C19H23FN4O4. The summed E-state index contributed by atoms with van der Waals surface area (Å²) in [5.74, 6) is -0.477. The minimum Gasteiger partial charge on any atom is -0.426 e. The Labute approximate surface area is 162 Å². The lowest BCUT2D eigenvalue weighted by molar-refractivity contribution is -0.136. The molecule has 2 N–H and O–H groups in total. The van der Waals surface area contributed by atoms with E-state index < -0.39 is 24.0 Å². The highest BCUT2D eigenvalue weighted by Gasteiger charge is 2.16. The van der Waals surface area contributed by atoms with Crippen LogP contribution in [0.5, 0.6) is 5.75 Å². The second-order valence-electron chi connectivity index (χ2n) is 6.51. The van der Waals surface area contributed by atoms with Crippen LogP contribution in [0.2, 0.25) is 0 Å². The minimum absolute atomic E-state index is 0.0500. The zero-order valence-electron chi connectivity index (χ0n) is 15.7. The van der Waals surface area contributed by atoms with Crippen molar-refractivity contribution >= 4 is 11.5 Å². The number of carbonyl (C=O) groups excluding carboxylic acids is 1. The summed E-state index contributed by atoms with van der Waals surface area (Å²) in [6.07, 6.45) is 0.497. The molecule has 150 valence electrons. The number of halogens is 1. The van der Waals surface area contributed by atoms with Gasteiger partial charge in [0.2, 0.25) is 0 Å². The van der Waals surface area contributed by atoms with Crippen LogP contribution in [-0.2, 0) is 4.79 Å². The minimum atomic E-state index is -1.11.